The van der Waals surface area contributed by atoms with Gasteiger partial charge in [-0.1, -0.05) is 61.9 Å². The molecule has 0 radical (unpaired) electrons. The van der Waals surface area contributed by atoms with E-state index >= 15 is 0 Å². The molecule has 1 spiro atoms. The van der Waals surface area contributed by atoms with Crippen LogP contribution >= 0.6 is 0 Å². The van der Waals surface area contributed by atoms with Crippen molar-refractivity contribution < 1.29 is 23.5 Å². The standard InChI is InChI=1S/C27H32FN3O4/c1-2-9-22(30-24(32)20-12-7-4-8-13-20)25(33)29-21-16-27(35-17-21)14-15-31(18-27)26(34)23(28)19-10-5-3-6-11-19/h3-8,10-13,21-23H,2,9,14-18H2,1H3,(H,29,33)(H,30,32)/t21-,22-,23+,27+/m0/s1. The fourth-order valence-electron chi connectivity index (χ4n) is 4.87. The predicted octanol–water partition coefficient (Wildman–Crippen LogP) is 3.17. The molecule has 0 bridgehead atoms. The van der Waals surface area contributed by atoms with Crippen LogP contribution in [0.15, 0.2) is 60.7 Å². The normalized spacial score (nSPS) is 23.1. The highest BCUT2D eigenvalue weighted by atomic mass is 19.1. The van der Waals surface area contributed by atoms with Crippen molar-refractivity contribution >= 4 is 17.7 Å². The first-order chi connectivity index (χ1) is 16.9. The van der Waals surface area contributed by atoms with E-state index in [9.17, 15) is 18.8 Å². The molecule has 186 valence electrons. The summed E-state index contributed by atoms with van der Waals surface area (Å²) in [7, 11) is 0. The van der Waals surface area contributed by atoms with Crippen molar-refractivity contribution in [2.75, 3.05) is 19.7 Å². The Labute approximate surface area is 205 Å². The van der Waals surface area contributed by atoms with E-state index in [1.54, 1.807) is 54.6 Å². The molecule has 2 aliphatic heterocycles. The Morgan fingerprint density at radius 3 is 2.49 bits per heavy atom. The predicted molar refractivity (Wildman–Crippen MR) is 129 cm³/mol. The minimum absolute atomic E-state index is 0.235. The second-order valence-corrected chi connectivity index (χ2v) is 9.37. The van der Waals surface area contributed by atoms with Crippen LogP contribution in [0.25, 0.3) is 0 Å². The molecule has 2 aromatic carbocycles. The van der Waals surface area contributed by atoms with Crippen LogP contribution in [0.5, 0.6) is 0 Å². The molecule has 2 heterocycles. The molecular weight excluding hydrogens is 449 g/mol. The smallest absolute Gasteiger partial charge is 0.261 e. The molecule has 0 unspecified atom stereocenters. The highest BCUT2D eigenvalue weighted by Gasteiger charge is 2.48. The Balaban J connectivity index is 1.31. The van der Waals surface area contributed by atoms with Gasteiger partial charge in [0.15, 0.2) is 0 Å². The Hall–Kier alpha value is -3.26. The van der Waals surface area contributed by atoms with Gasteiger partial charge in [-0.15, -0.1) is 0 Å². The summed E-state index contributed by atoms with van der Waals surface area (Å²) in [6.07, 6.45) is 0.682. The van der Waals surface area contributed by atoms with Crippen molar-refractivity contribution in [2.45, 2.75) is 56.5 Å². The van der Waals surface area contributed by atoms with Gasteiger partial charge in [-0.3, -0.25) is 14.4 Å². The molecule has 2 aromatic rings. The average molecular weight is 482 g/mol. The van der Waals surface area contributed by atoms with Crippen molar-refractivity contribution in [1.82, 2.24) is 15.5 Å². The van der Waals surface area contributed by atoms with Crippen LogP contribution < -0.4 is 10.6 Å². The van der Waals surface area contributed by atoms with Crippen LogP contribution in [0.2, 0.25) is 0 Å². The second kappa shape index (κ2) is 11.0. The van der Waals surface area contributed by atoms with Crippen LogP contribution in [0.1, 0.15) is 54.7 Å². The summed E-state index contributed by atoms with van der Waals surface area (Å²) in [4.78, 5) is 39.8. The number of nitrogens with zero attached hydrogens (tertiary/aromatic N) is 1. The molecule has 2 saturated heterocycles. The summed E-state index contributed by atoms with van der Waals surface area (Å²) in [6.45, 7) is 2.99. The molecule has 2 N–H and O–H groups in total. The lowest BCUT2D eigenvalue weighted by molar-refractivity contribution is -0.136. The molecule has 35 heavy (non-hydrogen) atoms. The molecule has 0 aliphatic carbocycles. The number of hydrogen-bond donors (Lipinski definition) is 2. The van der Waals surface area contributed by atoms with Gasteiger partial charge in [0.1, 0.15) is 6.04 Å². The van der Waals surface area contributed by atoms with Crippen molar-refractivity contribution in [1.29, 1.82) is 0 Å². The summed E-state index contributed by atoms with van der Waals surface area (Å²) in [5.41, 5.74) is 0.259. The van der Waals surface area contributed by atoms with Gasteiger partial charge in [-0.25, -0.2) is 4.39 Å². The number of halogens is 1. The lowest BCUT2D eigenvalue weighted by Crippen LogP contribution is -2.50. The van der Waals surface area contributed by atoms with Crippen molar-refractivity contribution in [3.05, 3.63) is 71.8 Å². The summed E-state index contributed by atoms with van der Waals surface area (Å²) in [5, 5.41) is 5.84. The highest BCUT2D eigenvalue weighted by molar-refractivity contribution is 5.97. The Kier molecular flexibility index (Phi) is 7.80. The Bertz CT molecular complexity index is 1040. The van der Waals surface area contributed by atoms with Gasteiger partial charge in [0, 0.05) is 25.1 Å². The lowest BCUT2D eigenvalue weighted by atomic mass is 9.97. The fraction of sp³-hybridized carbons (Fsp3) is 0.444. The van der Waals surface area contributed by atoms with Crippen LogP contribution in [-0.2, 0) is 14.3 Å². The van der Waals surface area contributed by atoms with E-state index in [2.05, 4.69) is 10.6 Å². The number of ether oxygens (including phenoxy) is 1. The fourth-order valence-corrected chi connectivity index (χ4v) is 4.87. The number of nitrogens with one attached hydrogen (secondary N) is 2. The topological polar surface area (TPSA) is 87.7 Å². The van der Waals surface area contributed by atoms with E-state index in [0.29, 0.717) is 50.1 Å². The summed E-state index contributed by atoms with van der Waals surface area (Å²) in [5.74, 6) is -1.10. The molecule has 7 nitrogen and oxygen atoms in total. The number of benzene rings is 2. The zero-order chi connectivity index (χ0) is 24.8. The first kappa shape index (κ1) is 24.9. The molecule has 0 saturated carbocycles. The number of hydrogen-bond acceptors (Lipinski definition) is 4. The molecule has 4 rings (SSSR count). The largest absolute Gasteiger partial charge is 0.371 e. The van der Waals surface area contributed by atoms with E-state index in [4.69, 9.17) is 4.74 Å². The third kappa shape index (κ3) is 5.88. The Morgan fingerprint density at radius 2 is 1.80 bits per heavy atom. The maximum atomic E-state index is 14.8. The van der Waals surface area contributed by atoms with Gasteiger partial charge in [-0.2, -0.15) is 0 Å². The molecule has 3 amide bonds. The minimum Gasteiger partial charge on any atom is -0.371 e. The second-order valence-electron chi connectivity index (χ2n) is 9.37. The van der Waals surface area contributed by atoms with Gasteiger partial charge in [-0.05, 0) is 30.5 Å². The van der Waals surface area contributed by atoms with Gasteiger partial charge in [0.25, 0.3) is 11.8 Å². The van der Waals surface area contributed by atoms with Gasteiger partial charge >= 0.3 is 0 Å². The van der Waals surface area contributed by atoms with Crippen LogP contribution in [-0.4, -0.2) is 60.0 Å². The maximum Gasteiger partial charge on any atom is 0.261 e. The van der Waals surface area contributed by atoms with E-state index in [0.717, 1.165) is 6.42 Å². The lowest BCUT2D eigenvalue weighted by Gasteiger charge is -2.24. The van der Waals surface area contributed by atoms with Crippen molar-refractivity contribution in [3.8, 4) is 0 Å². The minimum atomic E-state index is -1.70. The van der Waals surface area contributed by atoms with E-state index < -0.39 is 23.7 Å². The monoisotopic (exact) mass is 481 g/mol. The van der Waals surface area contributed by atoms with Crippen molar-refractivity contribution in [2.24, 2.45) is 0 Å². The number of amides is 3. The van der Waals surface area contributed by atoms with Crippen LogP contribution in [0.4, 0.5) is 4.39 Å². The average Bonchev–Trinajstić information content (AvgIpc) is 3.49. The SMILES string of the molecule is CCC[C@H](NC(=O)c1ccccc1)C(=O)N[C@@H]1CO[C@]2(CCN(C(=O)[C@H](F)c3ccccc3)C2)C1. The number of alkyl halides is 1. The van der Waals surface area contributed by atoms with Crippen molar-refractivity contribution in [3.63, 3.8) is 0 Å². The molecule has 4 atom stereocenters. The third-order valence-electron chi connectivity index (χ3n) is 6.73. The molecule has 2 aliphatic rings. The zero-order valence-corrected chi connectivity index (χ0v) is 19.9. The summed E-state index contributed by atoms with van der Waals surface area (Å²) >= 11 is 0. The first-order valence-electron chi connectivity index (χ1n) is 12.2. The summed E-state index contributed by atoms with van der Waals surface area (Å²) in [6, 6.07) is 16.3. The van der Waals surface area contributed by atoms with Crippen LogP contribution in [0.3, 0.4) is 0 Å². The van der Waals surface area contributed by atoms with Gasteiger partial charge in [0.2, 0.25) is 12.1 Å². The van der Waals surface area contributed by atoms with Gasteiger partial charge < -0.3 is 20.3 Å². The number of carbonyl (C=O) groups is 3. The first-order valence-corrected chi connectivity index (χ1v) is 12.2. The Morgan fingerprint density at radius 1 is 1.11 bits per heavy atom. The van der Waals surface area contributed by atoms with E-state index in [-0.39, 0.29) is 17.9 Å². The van der Waals surface area contributed by atoms with E-state index in [1.165, 1.54) is 4.90 Å². The van der Waals surface area contributed by atoms with E-state index in [1.807, 2.05) is 13.0 Å². The number of carbonyl (C=O) groups excluding carboxylic acids is 3. The van der Waals surface area contributed by atoms with Crippen LogP contribution in [0, 0.1) is 0 Å². The molecule has 2 fully saturated rings. The quantitative estimate of drug-likeness (QED) is 0.606. The highest BCUT2D eigenvalue weighted by Crippen LogP contribution is 2.36. The molecular formula is C27H32FN3O4. The number of likely N-dealkylation sites (tertiary alicyclic amines) is 1. The van der Waals surface area contributed by atoms with Gasteiger partial charge in [0.05, 0.1) is 18.2 Å². The summed E-state index contributed by atoms with van der Waals surface area (Å²) < 4.78 is 20.8. The maximum absolute atomic E-state index is 14.8. The number of rotatable bonds is 8. The molecule has 8 heteroatoms. The zero-order valence-electron chi connectivity index (χ0n) is 19.9. The molecule has 0 aromatic heterocycles. The third-order valence-corrected chi connectivity index (χ3v) is 6.73.